The van der Waals surface area contributed by atoms with E-state index in [2.05, 4.69) is 20.8 Å². The molecular formula is C19H27N5O3S. The summed E-state index contributed by atoms with van der Waals surface area (Å²) in [6, 6.07) is 7.44. The number of imide groups is 1. The molecule has 3 amide bonds. The molecular weight excluding hydrogens is 378 g/mol. The highest BCUT2D eigenvalue weighted by Gasteiger charge is 2.22. The van der Waals surface area contributed by atoms with Crippen molar-refractivity contribution in [2.24, 2.45) is 0 Å². The maximum atomic E-state index is 12.3. The molecule has 0 bridgehead atoms. The summed E-state index contributed by atoms with van der Waals surface area (Å²) in [4.78, 5) is 24.1. The molecule has 8 nitrogen and oxygen atoms in total. The van der Waals surface area contributed by atoms with Gasteiger partial charge in [-0.1, -0.05) is 35.5 Å². The monoisotopic (exact) mass is 405 g/mol. The number of thioether (sulfide) groups is 1. The highest BCUT2D eigenvalue weighted by molar-refractivity contribution is 8.00. The van der Waals surface area contributed by atoms with Gasteiger partial charge in [-0.05, 0) is 33.8 Å². The van der Waals surface area contributed by atoms with Crippen molar-refractivity contribution in [1.29, 1.82) is 0 Å². The maximum absolute atomic E-state index is 12.3. The van der Waals surface area contributed by atoms with E-state index in [4.69, 9.17) is 4.74 Å². The summed E-state index contributed by atoms with van der Waals surface area (Å²) < 4.78 is 7.14. The molecule has 0 radical (unpaired) electrons. The second-order valence-corrected chi connectivity index (χ2v) is 8.01. The van der Waals surface area contributed by atoms with Gasteiger partial charge >= 0.3 is 6.03 Å². The maximum Gasteiger partial charge on any atom is 0.321 e. The van der Waals surface area contributed by atoms with Gasteiger partial charge in [-0.15, -0.1) is 10.2 Å². The largest absolute Gasteiger partial charge is 0.383 e. The van der Waals surface area contributed by atoms with Gasteiger partial charge in [0.2, 0.25) is 5.91 Å². The molecule has 152 valence electrons. The number of nitrogens with one attached hydrogen (secondary N) is 2. The average Bonchev–Trinajstić information content (AvgIpc) is 3.01. The molecule has 28 heavy (non-hydrogen) atoms. The third-order valence-corrected chi connectivity index (χ3v) is 4.90. The van der Waals surface area contributed by atoms with Crippen molar-refractivity contribution in [2.75, 3.05) is 13.7 Å². The van der Waals surface area contributed by atoms with Crippen molar-refractivity contribution in [2.45, 2.75) is 50.7 Å². The summed E-state index contributed by atoms with van der Waals surface area (Å²) in [6.45, 7) is 8.44. The van der Waals surface area contributed by atoms with Gasteiger partial charge in [-0.25, -0.2) is 4.79 Å². The van der Waals surface area contributed by atoms with Gasteiger partial charge in [0.25, 0.3) is 0 Å². The number of hydrogen-bond donors (Lipinski definition) is 2. The number of amides is 3. The number of urea groups is 1. The van der Waals surface area contributed by atoms with Crippen molar-refractivity contribution in [3.8, 4) is 11.4 Å². The Morgan fingerprint density at radius 3 is 2.64 bits per heavy atom. The van der Waals surface area contributed by atoms with Crippen molar-refractivity contribution >= 4 is 23.7 Å². The molecule has 1 aromatic heterocycles. The fraction of sp³-hybridized carbons (Fsp3) is 0.474. The van der Waals surface area contributed by atoms with Gasteiger partial charge < -0.3 is 10.1 Å². The zero-order valence-electron chi connectivity index (χ0n) is 16.9. The summed E-state index contributed by atoms with van der Waals surface area (Å²) in [5, 5.41) is 13.6. The number of rotatable bonds is 8. The molecule has 1 aromatic carbocycles. The van der Waals surface area contributed by atoms with Crippen molar-refractivity contribution in [3.63, 3.8) is 0 Å². The number of ether oxygens (including phenoxy) is 1. The summed E-state index contributed by atoms with van der Waals surface area (Å²) in [5.41, 5.74) is 2.07. The van der Waals surface area contributed by atoms with E-state index in [0.717, 1.165) is 11.1 Å². The molecule has 0 fully saturated rings. The van der Waals surface area contributed by atoms with E-state index < -0.39 is 11.3 Å². The molecule has 0 saturated heterocycles. The molecule has 0 aliphatic carbocycles. The van der Waals surface area contributed by atoms with Crippen LogP contribution >= 0.6 is 11.8 Å². The van der Waals surface area contributed by atoms with Crippen LogP contribution in [0.2, 0.25) is 0 Å². The lowest BCUT2D eigenvalue weighted by molar-refractivity contribution is -0.119. The fourth-order valence-corrected chi connectivity index (χ4v) is 3.36. The number of hydrogen-bond acceptors (Lipinski definition) is 6. The number of carbonyl (C=O) groups is 2. The Morgan fingerprint density at radius 1 is 1.25 bits per heavy atom. The van der Waals surface area contributed by atoms with Crippen LogP contribution in [0.15, 0.2) is 29.4 Å². The lowest BCUT2D eigenvalue weighted by Gasteiger charge is -2.14. The van der Waals surface area contributed by atoms with E-state index in [9.17, 15) is 9.59 Å². The van der Waals surface area contributed by atoms with Crippen LogP contribution < -0.4 is 10.6 Å². The SMILES string of the molecule is COCCn1c(S[C@H](C)C(=O)NC(=O)NC(C)C)nnc1-c1cccc(C)c1. The van der Waals surface area contributed by atoms with Crippen LogP contribution in [0.1, 0.15) is 26.3 Å². The minimum atomic E-state index is -0.520. The molecule has 2 N–H and O–H groups in total. The van der Waals surface area contributed by atoms with E-state index in [-0.39, 0.29) is 11.9 Å². The molecule has 2 aromatic rings. The molecule has 0 aliphatic heterocycles. The lowest BCUT2D eigenvalue weighted by atomic mass is 10.1. The van der Waals surface area contributed by atoms with Crippen LogP contribution in [0.25, 0.3) is 11.4 Å². The summed E-state index contributed by atoms with van der Waals surface area (Å²) in [6.07, 6.45) is 0. The molecule has 0 unspecified atom stereocenters. The van der Waals surface area contributed by atoms with Crippen LogP contribution in [0.4, 0.5) is 4.79 Å². The average molecular weight is 406 g/mol. The molecule has 0 saturated carbocycles. The Balaban J connectivity index is 2.18. The number of methoxy groups -OCH3 is 1. The Kier molecular flexibility index (Phi) is 8.01. The Bertz CT molecular complexity index is 822. The third-order valence-electron chi connectivity index (χ3n) is 3.82. The fourth-order valence-electron chi connectivity index (χ4n) is 2.48. The zero-order chi connectivity index (χ0) is 20.7. The highest BCUT2D eigenvalue weighted by Crippen LogP contribution is 2.27. The second-order valence-electron chi connectivity index (χ2n) is 6.70. The van der Waals surface area contributed by atoms with Crippen molar-refractivity contribution < 1.29 is 14.3 Å². The molecule has 2 rings (SSSR count). The van der Waals surface area contributed by atoms with Gasteiger partial charge in [0.05, 0.1) is 18.4 Å². The predicted molar refractivity (Wildman–Crippen MR) is 109 cm³/mol. The topological polar surface area (TPSA) is 98.1 Å². The number of aryl methyl sites for hydroxylation is 1. The highest BCUT2D eigenvalue weighted by atomic mass is 32.2. The van der Waals surface area contributed by atoms with Gasteiger partial charge in [-0.3, -0.25) is 14.7 Å². The summed E-state index contributed by atoms with van der Waals surface area (Å²) in [7, 11) is 1.63. The Labute approximate surface area is 169 Å². The molecule has 1 atom stereocenters. The van der Waals surface area contributed by atoms with Crippen LogP contribution in [-0.2, 0) is 16.1 Å². The normalized spacial score (nSPS) is 12.1. The molecule has 9 heteroatoms. The minimum Gasteiger partial charge on any atom is -0.383 e. The first-order valence-corrected chi connectivity index (χ1v) is 9.97. The Morgan fingerprint density at radius 2 is 2.00 bits per heavy atom. The Hall–Kier alpha value is -2.39. The summed E-state index contributed by atoms with van der Waals surface area (Å²) >= 11 is 1.25. The summed E-state index contributed by atoms with van der Waals surface area (Å²) in [5.74, 6) is 0.329. The van der Waals surface area contributed by atoms with Crippen LogP contribution in [0.5, 0.6) is 0 Å². The number of aromatic nitrogens is 3. The van der Waals surface area contributed by atoms with Gasteiger partial charge in [-0.2, -0.15) is 0 Å². The lowest BCUT2D eigenvalue weighted by Crippen LogP contribution is -2.45. The first kappa shape index (κ1) is 21.9. The van der Waals surface area contributed by atoms with E-state index in [1.165, 1.54) is 11.8 Å². The van der Waals surface area contributed by atoms with Crippen molar-refractivity contribution in [3.05, 3.63) is 29.8 Å². The van der Waals surface area contributed by atoms with Gasteiger partial charge in [0, 0.05) is 18.7 Å². The third kappa shape index (κ3) is 6.07. The predicted octanol–water partition coefficient (Wildman–Crippen LogP) is 2.61. The van der Waals surface area contributed by atoms with E-state index in [1.54, 1.807) is 14.0 Å². The first-order chi connectivity index (χ1) is 13.3. The first-order valence-electron chi connectivity index (χ1n) is 9.09. The number of nitrogens with zero attached hydrogens (tertiary/aromatic N) is 3. The van der Waals surface area contributed by atoms with Gasteiger partial charge in [0.1, 0.15) is 0 Å². The quantitative estimate of drug-likeness (QED) is 0.655. The van der Waals surface area contributed by atoms with Crippen molar-refractivity contribution in [1.82, 2.24) is 25.4 Å². The van der Waals surface area contributed by atoms with Gasteiger partial charge in [0.15, 0.2) is 11.0 Å². The molecule has 0 spiro atoms. The second kappa shape index (κ2) is 10.2. The van der Waals surface area contributed by atoms with E-state index in [0.29, 0.717) is 24.1 Å². The minimum absolute atomic E-state index is 0.0511. The zero-order valence-corrected chi connectivity index (χ0v) is 17.7. The smallest absolute Gasteiger partial charge is 0.321 e. The molecule has 1 heterocycles. The van der Waals surface area contributed by atoms with E-state index >= 15 is 0 Å². The van der Waals surface area contributed by atoms with Crippen LogP contribution in [-0.4, -0.2) is 51.7 Å². The number of carbonyl (C=O) groups excluding carboxylic acids is 2. The van der Waals surface area contributed by atoms with Crippen LogP contribution in [0.3, 0.4) is 0 Å². The number of benzene rings is 1. The van der Waals surface area contributed by atoms with E-state index in [1.807, 2.05) is 49.6 Å². The van der Waals surface area contributed by atoms with Crippen LogP contribution in [0, 0.1) is 6.92 Å². The molecule has 0 aliphatic rings. The standard InChI is InChI=1S/C19H27N5O3S/c1-12(2)20-18(26)21-17(25)14(4)28-19-23-22-16(24(19)9-10-27-5)15-8-6-7-13(3)11-15/h6-8,11-12,14H,9-10H2,1-5H3,(H2,20,21,25,26)/t14-/m1/s1.